The average molecular weight is 885 g/mol. The smallest absolute Gasteiger partial charge is 0.335 e. The monoisotopic (exact) mass is 885 g/mol. The van der Waals surface area contributed by atoms with Gasteiger partial charge in [-0.15, -0.1) is 0 Å². The minimum atomic E-state index is -1.86. The van der Waals surface area contributed by atoms with Gasteiger partial charge in [0.2, 0.25) is 0 Å². The van der Waals surface area contributed by atoms with Crippen LogP contribution in [-0.2, 0) is 33.3 Å². The molecule has 1 aliphatic heterocycles. The molecule has 0 bridgehead atoms. The maximum Gasteiger partial charge on any atom is 0.335 e. The van der Waals surface area contributed by atoms with Gasteiger partial charge in [-0.1, -0.05) is 232 Å². The summed E-state index contributed by atoms with van der Waals surface area (Å²) in [6, 6.07) is 0. The van der Waals surface area contributed by atoms with Crippen LogP contribution in [0.4, 0.5) is 0 Å². The Morgan fingerprint density at radius 2 is 0.758 bits per heavy atom. The Kier molecular flexibility index (Phi) is 39.3. The van der Waals surface area contributed by atoms with E-state index in [0.717, 1.165) is 38.5 Å². The van der Waals surface area contributed by atoms with Gasteiger partial charge in [0.1, 0.15) is 24.9 Å². The Hall–Kier alpha value is -1.79. The maximum absolute atomic E-state index is 12.8. The van der Waals surface area contributed by atoms with E-state index >= 15 is 0 Å². The molecule has 366 valence electrons. The quantitative estimate of drug-likeness (QED) is 0.0339. The summed E-state index contributed by atoms with van der Waals surface area (Å²) in [7, 11) is 0. The summed E-state index contributed by atoms with van der Waals surface area (Å²) in [5.41, 5.74) is 0. The topological polar surface area (TPSA) is 169 Å². The number of hydrogen-bond donors (Lipinski definition) is 4. The van der Waals surface area contributed by atoms with Crippen molar-refractivity contribution >= 4 is 17.9 Å². The molecule has 1 rings (SSSR count). The van der Waals surface area contributed by atoms with Crippen molar-refractivity contribution < 1.29 is 53.8 Å². The normalized spacial score (nSPS) is 19.4. The highest BCUT2D eigenvalue weighted by Crippen LogP contribution is 2.23. The molecular weight excluding hydrogens is 789 g/mol. The lowest BCUT2D eigenvalue weighted by atomic mass is 9.99. The van der Waals surface area contributed by atoms with Crippen molar-refractivity contribution in [3.05, 3.63) is 0 Å². The number of carbonyl (C=O) groups excluding carboxylic acids is 2. The summed E-state index contributed by atoms with van der Waals surface area (Å²) >= 11 is 0. The lowest BCUT2D eigenvalue weighted by Gasteiger charge is -2.38. The van der Waals surface area contributed by atoms with Gasteiger partial charge in [-0.25, -0.2) is 4.79 Å². The minimum absolute atomic E-state index is 0.192. The molecule has 1 aliphatic rings. The first kappa shape index (κ1) is 58.2. The summed E-state index contributed by atoms with van der Waals surface area (Å²) in [4.78, 5) is 37.0. The summed E-state index contributed by atoms with van der Waals surface area (Å²) in [5.74, 6) is -2.42. The van der Waals surface area contributed by atoms with Gasteiger partial charge in [-0.3, -0.25) is 9.59 Å². The van der Waals surface area contributed by atoms with E-state index in [9.17, 15) is 34.8 Å². The second kappa shape index (κ2) is 41.9. The van der Waals surface area contributed by atoms with Crippen molar-refractivity contribution in [2.45, 2.75) is 295 Å². The molecule has 1 fully saturated rings. The van der Waals surface area contributed by atoms with E-state index in [0.29, 0.717) is 12.8 Å². The molecule has 6 atom stereocenters. The van der Waals surface area contributed by atoms with E-state index in [1.807, 2.05) is 0 Å². The highest BCUT2D eigenvalue weighted by molar-refractivity contribution is 5.73. The fourth-order valence-electron chi connectivity index (χ4n) is 8.35. The molecule has 62 heavy (non-hydrogen) atoms. The van der Waals surface area contributed by atoms with Gasteiger partial charge in [0.15, 0.2) is 18.5 Å². The van der Waals surface area contributed by atoms with Crippen molar-refractivity contribution in [3.8, 4) is 0 Å². The number of esters is 2. The zero-order chi connectivity index (χ0) is 45.3. The lowest BCUT2D eigenvalue weighted by Crippen LogP contribution is -2.60. The van der Waals surface area contributed by atoms with E-state index in [2.05, 4.69) is 13.8 Å². The summed E-state index contributed by atoms with van der Waals surface area (Å²) in [5, 5.41) is 39.9. The number of ether oxygens (including phenoxy) is 4. The molecule has 0 spiro atoms. The Bertz CT molecular complexity index is 1040. The highest BCUT2D eigenvalue weighted by Gasteiger charge is 2.47. The Morgan fingerprint density at radius 3 is 1.10 bits per heavy atom. The summed E-state index contributed by atoms with van der Waals surface area (Å²) in [6.07, 6.45) is 35.8. The Morgan fingerprint density at radius 1 is 0.435 bits per heavy atom. The van der Waals surface area contributed by atoms with Gasteiger partial charge >= 0.3 is 17.9 Å². The number of rotatable bonds is 45. The molecular formula is C51H96O11. The van der Waals surface area contributed by atoms with E-state index in [4.69, 9.17) is 18.9 Å². The van der Waals surface area contributed by atoms with Gasteiger partial charge in [0, 0.05) is 12.8 Å². The van der Waals surface area contributed by atoms with Gasteiger partial charge in [-0.2, -0.15) is 0 Å². The molecule has 11 nitrogen and oxygen atoms in total. The Balaban J connectivity index is 2.27. The molecule has 1 saturated heterocycles. The maximum atomic E-state index is 12.8. The number of unbranched alkanes of at least 4 members (excludes halogenated alkanes) is 34. The van der Waals surface area contributed by atoms with E-state index in [-0.39, 0.29) is 26.1 Å². The largest absolute Gasteiger partial charge is 0.479 e. The van der Waals surface area contributed by atoms with Crippen molar-refractivity contribution in [2.75, 3.05) is 13.2 Å². The van der Waals surface area contributed by atoms with E-state index in [1.54, 1.807) is 0 Å². The molecule has 0 aliphatic carbocycles. The molecule has 0 aromatic heterocycles. The average Bonchev–Trinajstić information content (AvgIpc) is 3.26. The highest BCUT2D eigenvalue weighted by atomic mass is 16.7. The second-order valence-electron chi connectivity index (χ2n) is 18.4. The molecule has 6 unspecified atom stereocenters. The number of aliphatic carboxylic acids is 1. The molecule has 4 N–H and O–H groups in total. The van der Waals surface area contributed by atoms with Crippen LogP contribution >= 0.6 is 0 Å². The van der Waals surface area contributed by atoms with Crippen molar-refractivity contribution in [3.63, 3.8) is 0 Å². The van der Waals surface area contributed by atoms with E-state index in [1.165, 1.54) is 180 Å². The number of hydrogen-bond acceptors (Lipinski definition) is 10. The SMILES string of the molecule is CCCCCCCCCCCCCCCCCCCCC(=O)OCC(COC1OC(C(=O)O)C(O)C(O)C1O)OC(=O)CCCCCCCCCCCCCCCCCCCC. The number of carbonyl (C=O) groups is 3. The molecule has 11 heteroatoms. The van der Waals surface area contributed by atoms with Crippen molar-refractivity contribution in [2.24, 2.45) is 0 Å². The van der Waals surface area contributed by atoms with E-state index < -0.39 is 54.7 Å². The van der Waals surface area contributed by atoms with Gasteiger partial charge in [-0.05, 0) is 12.8 Å². The minimum Gasteiger partial charge on any atom is -0.479 e. The first-order valence-electron chi connectivity index (χ1n) is 26.1. The fraction of sp³-hybridized carbons (Fsp3) is 0.941. The van der Waals surface area contributed by atoms with Crippen LogP contribution in [0.15, 0.2) is 0 Å². The van der Waals surface area contributed by atoms with Crippen LogP contribution in [0.5, 0.6) is 0 Å². The number of aliphatic hydroxyl groups is 3. The third kappa shape index (κ3) is 32.8. The third-order valence-corrected chi connectivity index (χ3v) is 12.5. The molecule has 0 aromatic carbocycles. The molecule has 0 saturated carbocycles. The second-order valence-corrected chi connectivity index (χ2v) is 18.4. The number of carboxylic acids is 1. The number of carboxylic acid groups (broad SMARTS) is 1. The predicted molar refractivity (Wildman–Crippen MR) is 248 cm³/mol. The molecule has 1 heterocycles. The predicted octanol–water partition coefficient (Wildman–Crippen LogP) is 12.2. The van der Waals surface area contributed by atoms with Crippen LogP contribution < -0.4 is 0 Å². The van der Waals surface area contributed by atoms with Gasteiger partial charge < -0.3 is 39.4 Å². The lowest BCUT2D eigenvalue weighted by molar-refractivity contribution is -0.298. The third-order valence-electron chi connectivity index (χ3n) is 12.5. The van der Waals surface area contributed by atoms with Gasteiger partial charge in [0.25, 0.3) is 0 Å². The Labute approximate surface area is 378 Å². The van der Waals surface area contributed by atoms with Crippen LogP contribution in [0.25, 0.3) is 0 Å². The van der Waals surface area contributed by atoms with Crippen LogP contribution in [0.1, 0.15) is 258 Å². The zero-order valence-electron chi connectivity index (χ0n) is 39.9. The summed E-state index contributed by atoms with van der Waals surface area (Å²) in [6.45, 7) is 3.87. The summed E-state index contributed by atoms with van der Waals surface area (Å²) < 4.78 is 21.8. The van der Waals surface area contributed by atoms with Crippen LogP contribution in [0.2, 0.25) is 0 Å². The molecule has 0 aromatic rings. The van der Waals surface area contributed by atoms with Crippen LogP contribution in [0, 0.1) is 0 Å². The molecule has 0 amide bonds. The van der Waals surface area contributed by atoms with Crippen molar-refractivity contribution in [1.29, 1.82) is 0 Å². The first-order valence-corrected chi connectivity index (χ1v) is 26.1. The fourth-order valence-corrected chi connectivity index (χ4v) is 8.35. The molecule has 0 radical (unpaired) electrons. The van der Waals surface area contributed by atoms with Crippen molar-refractivity contribution in [1.82, 2.24) is 0 Å². The van der Waals surface area contributed by atoms with Crippen LogP contribution in [-0.4, -0.2) is 88.4 Å². The first-order chi connectivity index (χ1) is 30.2. The zero-order valence-corrected chi connectivity index (χ0v) is 39.9. The number of aliphatic hydroxyl groups excluding tert-OH is 3. The standard InChI is InChI=1S/C51H96O11/c1-3-5-7-9-11-13-15-17-19-21-23-25-27-29-31-33-35-37-39-44(52)59-41-43(42-60-51-48(56)46(54)47(55)49(62-51)50(57)58)61-45(53)40-38-36-34-32-30-28-26-24-22-20-18-16-14-12-10-8-6-4-2/h43,46-49,51,54-56H,3-42H2,1-2H3,(H,57,58). The van der Waals surface area contributed by atoms with Gasteiger partial charge in [0.05, 0.1) is 6.61 Å². The van der Waals surface area contributed by atoms with Crippen LogP contribution in [0.3, 0.4) is 0 Å².